The Labute approximate surface area is 221 Å². The maximum atomic E-state index is 12.9. The highest BCUT2D eigenvalue weighted by Gasteiger charge is 2.35. The highest BCUT2D eigenvalue weighted by atomic mass is 35.5. The molecular formula is C24H13Cl2F3N2O5S. The average Bonchev–Trinajstić information content (AvgIpc) is 3.08. The van der Waals surface area contributed by atoms with Crippen molar-refractivity contribution in [3.63, 3.8) is 0 Å². The highest BCUT2D eigenvalue weighted by molar-refractivity contribution is 8.18. The van der Waals surface area contributed by atoms with E-state index < -0.39 is 39.2 Å². The van der Waals surface area contributed by atoms with Gasteiger partial charge in [0.1, 0.15) is 5.75 Å². The van der Waals surface area contributed by atoms with E-state index in [9.17, 15) is 32.9 Å². The summed E-state index contributed by atoms with van der Waals surface area (Å²) in [4.78, 5) is 36.8. The Morgan fingerprint density at radius 2 is 1.78 bits per heavy atom. The molecule has 3 aromatic rings. The maximum absolute atomic E-state index is 12.9. The summed E-state index contributed by atoms with van der Waals surface area (Å²) in [5, 5.41) is 11.4. The van der Waals surface area contributed by atoms with Gasteiger partial charge in [0.2, 0.25) is 5.75 Å². The average molecular weight is 569 g/mol. The molecule has 1 heterocycles. The quantitative estimate of drug-likeness (QED) is 0.170. The molecule has 0 aromatic heterocycles. The molecule has 0 atom stereocenters. The number of rotatable bonds is 6. The third kappa shape index (κ3) is 6.07. The molecular weight excluding hydrogens is 556 g/mol. The molecule has 1 fully saturated rings. The zero-order valence-electron chi connectivity index (χ0n) is 18.3. The molecule has 4 rings (SSSR count). The van der Waals surface area contributed by atoms with E-state index in [2.05, 4.69) is 0 Å². The number of nitrogens with zero attached hydrogens (tertiary/aromatic N) is 2. The predicted octanol–water partition coefficient (Wildman–Crippen LogP) is 7.95. The zero-order valence-corrected chi connectivity index (χ0v) is 20.6. The SMILES string of the molecule is O=C1S/C(=C\c2cccc(Oc3ccc(C(F)(F)F)cc3[N+](=O)[O-])c2)C(=O)N1Cc1ccc(Cl)c(Cl)c1. The van der Waals surface area contributed by atoms with E-state index in [0.717, 1.165) is 22.7 Å². The van der Waals surface area contributed by atoms with E-state index >= 15 is 0 Å². The summed E-state index contributed by atoms with van der Waals surface area (Å²) in [6.07, 6.45) is -3.32. The first-order valence-electron chi connectivity index (χ1n) is 10.3. The van der Waals surface area contributed by atoms with Crippen LogP contribution in [-0.4, -0.2) is 21.0 Å². The lowest BCUT2D eigenvalue weighted by Crippen LogP contribution is -2.27. The molecule has 0 radical (unpaired) electrons. The Balaban J connectivity index is 1.55. The fourth-order valence-electron chi connectivity index (χ4n) is 3.33. The second-order valence-electron chi connectivity index (χ2n) is 7.63. The van der Waals surface area contributed by atoms with Crippen LogP contribution < -0.4 is 4.74 Å². The number of hydrogen-bond acceptors (Lipinski definition) is 6. The van der Waals surface area contributed by atoms with E-state index in [4.69, 9.17) is 27.9 Å². The minimum absolute atomic E-state index is 0.0143. The summed E-state index contributed by atoms with van der Waals surface area (Å²) in [7, 11) is 0. The molecule has 0 saturated carbocycles. The Bertz CT molecular complexity index is 1460. The first-order chi connectivity index (χ1) is 17.4. The Kier molecular flexibility index (Phi) is 7.49. The summed E-state index contributed by atoms with van der Waals surface area (Å²) >= 11 is 12.6. The number of nitro benzene ring substituents is 1. The van der Waals surface area contributed by atoms with Crippen LogP contribution in [0.5, 0.6) is 11.5 Å². The highest BCUT2D eigenvalue weighted by Crippen LogP contribution is 2.39. The van der Waals surface area contributed by atoms with Gasteiger partial charge in [-0.2, -0.15) is 13.2 Å². The third-order valence-electron chi connectivity index (χ3n) is 5.06. The van der Waals surface area contributed by atoms with Crippen molar-refractivity contribution in [2.75, 3.05) is 0 Å². The zero-order chi connectivity index (χ0) is 26.9. The van der Waals surface area contributed by atoms with Crippen LogP contribution in [-0.2, 0) is 17.5 Å². The van der Waals surface area contributed by atoms with Gasteiger partial charge in [-0.25, -0.2) is 0 Å². The van der Waals surface area contributed by atoms with Gasteiger partial charge in [0.15, 0.2) is 0 Å². The molecule has 1 aliphatic heterocycles. The topological polar surface area (TPSA) is 89.7 Å². The van der Waals surface area contributed by atoms with Gasteiger partial charge in [-0.3, -0.25) is 24.6 Å². The molecule has 0 aliphatic carbocycles. The number of nitro groups is 1. The molecule has 0 N–H and O–H groups in total. The molecule has 0 unspecified atom stereocenters. The monoisotopic (exact) mass is 568 g/mol. The number of thioether (sulfide) groups is 1. The molecule has 3 aromatic carbocycles. The molecule has 0 bridgehead atoms. The smallest absolute Gasteiger partial charge is 0.416 e. The summed E-state index contributed by atoms with van der Waals surface area (Å²) in [5.74, 6) is -0.852. The standard InChI is InChI=1S/C24H13Cl2F3N2O5S/c25-17-6-4-14(9-18(17)26)12-30-22(32)21(37-23(30)33)10-13-2-1-3-16(8-13)36-20-7-5-15(24(27,28)29)11-19(20)31(34)35/h1-11H,12H2/b21-10-. The van der Waals surface area contributed by atoms with Crippen molar-refractivity contribution >= 4 is 57.9 Å². The lowest BCUT2D eigenvalue weighted by Gasteiger charge is -2.13. The Morgan fingerprint density at radius 1 is 1.03 bits per heavy atom. The van der Waals surface area contributed by atoms with Crippen LogP contribution in [0.1, 0.15) is 16.7 Å². The number of carbonyl (C=O) groups excluding carboxylic acids is 2. The van der Waals surface area contributed by atoms with Crippen LogP contribution in [0.2, 0.25) is 10.0 Å². The lowest BCUT2D eigenvalue weighted by molar-refractivity contribution is -0.385. The first-order valence-corrected chi connectivity index (χ1v) is 11.8. The first kappa shape index (κ1) is 26.5. The van der Waals surface area contributed by atoms with Crippen LogP contribution in [0.25, 0.3) is 6.08 Å². The Hall–Kier alpha value is -3.54. The van der Waals surface area contributed by atoms with Gasteiger partial charge >= 0.3 is 11.9 Å². The largest absolute Gasteiger partial charge is 0.450 e. The molecule has 1 saturated heterocycles. The molecule has 2 amide bonds. The molecule has 37 heavy (non-hydrogen) atoms. The minimum Gasteiger partial charge on any atom is -0.450 e. The van der Waals surface area contributed by atoms with Gasteiger partial charge in [0.05, 0.1) is 32.0 Å². The normalized spacial score (nSPS) is 14.9. The number of carbonyl (C=O) groups is 2. The summed E-state index contributed by atoms with van der Waals surface area (Å²) in [5.41, 5.74) is -1.01. The predicted molar refractivity (Wildman–Crippen MR) is 133 cm³/mol. The van der Waals surface area contributed by atoms with Crippen LogP contribution >= 0.6 is 35.0 Å². The van der Waals surface area contributed by atoms with Gasteiger partial charge < -0.3 is 4.74 Å². The van der Waals surface area contributed by atoms with Gasteiger partial charge in [0.25, 0.3) is 11.1 Å². The number of benzene rings is 3. The molecule has 0 spiro atoms. The number of imide groups is 1. The fraction of sp³-hybridized carbons (Fsp3) is 0.0833. The van der Waals surface area contributed by atoms with Crippen molar-refractivity contribution in [2.24, 2.45) is 0 Å². The maximum Gasteiger partial charge on any atom is 0.416 e. The van der Waals surface area contributed by atoms with E-state index in [-0.39, 0.29) is 22.2 Å². The number of hydrogen-bond donors (Lipinski definition) is 0. The van der Waals surface area contributed by atoms with Gasteiger partial charge in [0, 0.05) is 6.07 Å². The molecule has 7 nitrogen and oxygen atoms in total. The third-order valence-corrected chi connectivity index (χ3v) is 6.71. The van der Waals surface area contributed by atoms with Crippen molar-refractivity contribution in [3.05, 3.63) is 102 Å². The van der Waals surface area contributed by atoms with Crippen molar-refractivity contribution in [2.45, 2.75) is 12.7 Å². The van der Waals surface area contributed by atoms with E-state index in [0.29, 0.717) is 28.3 Å². The summed E-state index contributed by atoms with van der Waals surface area (Å²) in [6.45, 7) is -0.0143. The molecule has 13 heteroatoms. The minimum atomic E-state index is -4.76. The molecule has 1 aliphatic rings. The van der Waals surface area contributed by atoms with Gasteiger partial charge in [-0.05, 0) is 65.4 Å². The van der Waals surface area contributed by atoms with Crippen LogP contribution in [0, 0.1) is 10.1 Å². The van der Waals surface area contributed by atoms with Crippen molar-refractivity contribution < 1.29 is 32.4 Å². The van der Waals surface area contributed by atoms with Gasteiger partial charge in [-0.15, -0.1) is 0 Å². The van der Waals surface area contributed by atoms with E-state index in [1.807, 2.05) is 0 Å². The number of ether oxygens (including phenoxy) is 1. The van der Waals surface area contributed by atoms with E-state index in [1.165, 1.54) is 24.3 Å². The second kappa shape index (κ2) is 10.4. The number of amides is 2. The number of alkyl halides is 3. The second-order valence-corrected chi connectivity index (χ2v) is 9.44. The lowest BCUT2D eigenvalue weighted by atomic mass is 10.1. The van der Waals surface area contributed by atoms with Crippen LogP contribution in [0.15, 0.2) is 65.6 Å². The fourth-order valence-corrected chi connectivity index (χ4v) is 4.48. The van der Waals surface area contributed by atoms with Crippen molar-refractivity contribution in [3.8, 4) is 11.5 Å². The summed E-state index contributed by atoms with van der Waals surface area (Å²) < 4.78 is 44.3. The Morgan fingerprint density at radius 3 is 2.46 bits per heavy atom. The van der Waals surface area contributed by atoms with Crippen LogP contribution in [0.3, 0.4) is 0 Å². The van der Waals surface area contributed by atoms with Crippen LogP contribution in [0.4, 0.5) is 23.7 Å². The summed E-state index contributed by atoms with van der Waals surface area (Å²) in [6, 6.07) is 12.7. The van der Waals surface area contributed by atoms with Crippen molar-refractivity contribution in [1.82, 2.24) is 4.90 Å². The van der Waals surface area contributed by atoms with Gasteiger partial charge in [-0.1, -0.05) is 41.4 Å². The number of halogens is 5. The van der Waals surface area contributed by atoms with E-state index in [1.54, 1.807) is 24.3 Å². The van der Waals surface area contributed by atoms with Crippen molar-refractivity contribution in [1.29, 1.82) is 0 Å². The molecule has 190 valence electrons.